The van der Waals surface area contributed by atoms with Crippen molar-refractivity contribution in [3.05, 3.63) is 71.1 Å². The molecule has 3 heterocycles. The first-order valence-electron chi connectivity index (χ1n) is 28.2. The van der Waals surface area contributed by atoms with E-state index in [0.29, 0.717) is 65.5 Å². The third-order valence-electron chi connectivity index (χ3n) is 13.1. The van der Waals surface area contributed by atoms with Gasteiger partial charge in [-0.3, -0.25) is 14.2 Å². The van der Waals surface area contributed by atoms with E-state index in [1.54, 1.807) is 41.1 Å². The highest BCUT2D eigenvalue weighted by Crippen LogP contribution is 2.66. The predicted octanol–water partition coefficient (Wildman–Crippen LogP) is 6.41. The third-order valence-corrected chi connectivity index (χ3v) is 22.0. The maximum absolute atomic E-state index is 13.2. The number of urea groups is 1. The number of hydrogen-bond donors (Lipinski definition) is 10. The van der Waals surface area contributed by atoms with Gasteiger partial charge >= 0.3 is 41.7 Å². The van der Waals surface area contributed by atoms with Gasteiger partial charge in [0.1, 0.15) is 35.4 Å². The molecule has 2 aromatic rings. The van der Waals surface area contributed by atoms with Gasteiger partial charge in [0.05, 0.1) is 76.1 Å². The largest absolute Gasteiger partial charge is 0.490 e. The quantitative estimate of drug-likeness (QED) is 0.00447. The van der Waals surface area contributed by atoms with Crippen LogP contribution in [0.2, 0.25) is 0 Å². The number of amides is 5. The van der Waals surface area contributed by atoms with E-state index in [2.05, 4.69) is 41.4 Å². The van der Waals surface area contributed by atoms with Gasteiger partial charge in [-0.25, -0.2) is 28.1 Å². The SMILES string of the molecule is CCS(=S)COC1C[C@H](N2CC(C#CCNC(=O)OCCCCOCSSC(C)(C)CCOC(=O)NCCOCCOCCNC(=O)c3ccc(C)c(-c4c5ccc(=N)cc-5oc5cc(N)ccc45)c3)C(N)=NC2=O)O[C@@H]1COP(=O)(O)OP(=O)(O)OP(=O)(O)O. The Labute approximate surface area is 539 Å². The highest BCUT2D eigenvalue weighted by Gasteiger charge is 2.46. The van der Waals surface area contributed by atoms with Crippen molar-refractivity contribution in [1.82, 2.24) is 20.9 Å². The second-order valence-electron chi connectivity index (χ2n) is 20.6. The Kier molecular flexibility index (Phi) is 29.6. The lowest BCUT2D eigenvalue weighted by atomic mass is 9.90. The van der Waals surface area contributed by atoms with Crippen LogP contribution < -0.4 is 32.8 Å². The summed E-state index contributed by atoms with van der Waals surface area (Å²) >= 11 is 5.33. The minimum atomic E-state index is -5.78. The number of ether oxygens (including phenoxy) is 7. The molecule has 1 saturated heterocycles. The molecule has 4 aliphatic rings. The number of alkyl carbamates (subject to hydrolysis) is 2. The van der Waals surface area contributed by atoms with E-state index in [0.717, 1.165) is 27.6 Å². The van der Waals surface area contributed by atoms with E-state index in [1.165, 1.54) is 15.7 Å². The molecule has 7 atom stereocenters. The molecular formula is C54H75N8O22P3S4. The van der Waals surface area contributed by atoms with Crippen LogP contribution in [0.15, 0.2) is 64.0 Å². The van der Waals surface area contributed by atoms with Crippen molar-refractivity contribution in [2.45, 2.75) is 76.6 Å². The summed E-state index contributed by atoms with van der Waals surface area (Å²) in [5, 5.41) is 17.3. The number of anilines is 1. The van der Waals surface area contributed by atoms with Crippen LogP contribution in [0.1, 0.15) is 62.4 Å². The molecule has 5 amide bonds. The highest BCUT2D eigenvalue weighted by atomic mass is 33.1. The first-order valence-corrected chi connectivity index (χ1v) is 37.5. The van der Waals surface area contributed by atoms with Gasteiger partial charge in [-0.05, 0) is 104 Å². The average molecular weight is 1410 g/mol. The number of rotatable bonds is 36. The molecule has 5 unspecified atom stereocenters. The zero-order valence-corrected chi connectivity index (χ0v) is 56.1. The standard InChI is InChI=1S/C54H75N8O22P3S4/c1-5-91(88)34-79-45-30-47(82-46(45)32-80-86(70,71)84-87(72,73)83-85(67,68)69)62-31-37(49(57)61-51(62)64)9-8-17-59-52(65)77-21-7-6-20-76-33-89-90-54(3,4)16-22-78-53(66)60-19-24-75-26-25-74-23-18-58-50(63)36-11-10-35(2)42(27-36)48-40-14-12-38(55)28-43(40)81-44-29-39(56)13-15-41(44)48/h10-15,27-29,37,45-47,55H,5-7,16-26,30-34,56H2,1-4H3,(H,58,63)(H,59,65)(H,60,66)(H,70,71)(H,72,73)(H2,57,61,64)(H2,67,68,69)/t37?,45?,46-,47-,91?/m1/s1. The number of nitrogens with two attached hydrogens (primary N) is 2. The molecule has 0 aromatic heterocycles. The Bertz CT molecular complexity index is 3460. The molecule has 6 rings (SSSR count). The van der Waals surface area contributed by atoms with Crippen LogP contribution >= 0.6 is 45.1 Å². The van der Waals surface area contributed by atoms with E-state index in [9.17, 15) is 42.7 Å². The van der Waals surface area contributed by atoms with Gasteiger partial charge in [0.25, 0.3) is 5.91 Å². The molecule has 12 N–H and O–H groups in total. The van der Waals surface area contributed by atoms with Gasteiger partial charge in [-0.1, -0.05) is 55.9 Å². The number of aryl methyl sites for hydroxylation is 1. The van der Waals surface area contributed by atoms with Gasteiger partial charge in [-0.15, -0.1) is 0 Å². The zero-order chi connectivity index (χ0) is 66.4. The van der Waals surface area contributed by atoms with Crippen LogP contribution in [0, 0.1) is 30.1 Å². The number of fused-ring (bicyclic) bond motifs is 2. The lowest BCUT2D eigenvalue weighted by Gasteiger charge is -2.32. The summed E-state index contributed by atoms with van der Waals surface area (Å²) in [5.74, 6) is 6.04. The van der Waals surface area contributed by atoms with E-state index >= 15 is 0 Å². The first kappa shape index (κ1) is 75.0. The van der Waals surface area contributed by atoms with Gasteiger partial charge in [0.2, 0.25) is 0 Å². The number of aliphatic imine (C=N–C) groups is 1. The zero-order valence-electron chi connectivity index (χ0n) is 50.1. The summed E-state index contributed by atoms with van der Waals surface area (Å²) in [4.78, 5) is 93.0. The molecule has 91 heavy (non-hydrogen) atoms. The van der Waals surface area contributed by atoms with Crippen LogP contribution in [0.25, 0.3) is 33.4 Å². The van der Waals surface area contributed by atoms with E-state index < -0.39 is 82.1 Å². The Hall–Kier alpha value is -5.08. The summed E-state index contributed by atoms with van der Waals surface area (Å²) in [6.45, 7) is 9.15. The molecule has 30 nitrogen and oxygen atoms in total. The Morgan fingerprint density at radius 2 is 1.59 bits per heavy atom. The second-order valence-corrected chi connectivity index (χ2v) is 31.1. The summed E-state index contributed by atoms with van der Waals surface area (Å²) in [6.07, 6.45) is -2.73. The van der Waals surface area contributed by atoms with Crippen molar-refractivity contribution in [2.75, 3.05) is 102 Å². The fraction of sp³-hybridized carbons (Fsp3) is 0.519. The number of carbonyl (C=O) groups excluding carboxylic acids is 4. The number of hydrogen-bond acceptors (Lipinski definition) is 24. The predicted molar refractivity (Wildman–Crippen MR) is 343 cm³/mol. The Morgan fingerprint density at radius 3 is 2.33 bits per heavy atom. The number of nitrogens with zero attached hydrogens (tertiary/aromatic N) is 2. The average Bonchev–Trinajstić information content (AvgIpc) is 1.13. The molecule has 1 aliphatic carbocycles. The smallest absolute Gasteiger partial charge is 0.456 e. The van der Waals surface area contributed by atoms with Gasteiger partial charge in [0, 0.05) is 77.3 Å². The Morgan fingerprint density at radius 1 is 0.879 bits per heavy atom. The maximum atomic E-state index is 13.2. The van der Waals surface area contributed by atoms with Crippen LogP contribution in [0.4, 0.5) is 20.1 Å². The van der Waals surface area contributed by atoms with Crippen LogP contribution in [-0.4, -0.2) is 174 Å². The van der Waals surface area contributed by atoms with Crippen molar-refractivity contribution < 1.29 is 103 Å². The topological polar surface area (TPSA) is 433 Å². The van der Waals surface area contributed by atoms with Crippen molar-refractivity contribution in [3.63, 3.8) is 0 Å². The maximum Gasteiger partial charge on any atom is 0.490 e. The third kappa shape index (κ3) is 25.6. The number of amidine groups is 1. The monoisotopic (exact) mass is 1410 g/mol. The second kappa shape index (κ2) is 36.0. The minimum Gasteiger partial charge on any atom is -0.456 e. The fourth-order valence-corrected chi connectivity index (χ4v) is 14.6. The number of nitrogen functional groups attached to an aromatic ring is 1. The van der Waals surface area contributed by atoms with Crippen molar-refractivity contribution in [2.24, 2.45) is 16.6 Å². The van der Waals surface area contributed by atoms with Crippen molar-refractivity contribution in [3.8, 4) is 34.3 Å². The van der Waals surface area contributed by atoms with Crippen molar-refractivity contribution in [1.29, 1.82) is 5.41 Å². The molecule has 37 heteroatoms. The summed E-state index contributed by atoms with van der Waals surface area (Å²) < 4.78 is 92.7. The van der Waals surface area contributed by atoms with Gasteiger partial charge in [-0.2, -0.15) is 13.6 Å². The summed E-state index contributed by atoms with van der Waals surface area (Å²) in [6, 6.07) is 15.4. The number of phosphoric ester groups is 1. The lowest BCUT2D eigenvalue weighted by molar-refractivity contribution is -0.0695. The molecule has 3 aliphatic heterocycles. The van der Waals surface area contributed by atoms with Crippen LogP contribution in [0.5, 0.6) is 0 Å². The fourth-order valence-electron chi connectivity index (χ4n) is 8.60. The van der Waals surface area contributed by atoms with Crippen LogP contribution in [-0.2, 0) is 80.6 Å². The molecule has 0 saturated carbocycles. The van der Waals surface area contributed by atoms with E-state index in [1.807, 2.05) is 52.0 Å². The number of unbranched alkanes of at least 4 members (excludes halogenated alkanes) is 1. The molecule has 0 bridgehead atoms. The first-order chi connectivity index (χ1) is 43.1. The van der Waals surface area contributed by atoms with E-state index in [4.69, 9.17) is 80.0 Å². The Balaban J connectivity index is 0.759. The molecule has 0 spiro atoms. The normalized spacial score (nSPS) is 18.6. The molecule has 502 valence electrons. The number of benzene rings is 3. The van der Waals surface area contributed by atoms with E-state index in [-0.39, 0.29) is 94.7 Å². The summed E-state index contributed by atoms with van der Waals surface area (Å²) in [5.41, 5.74) is 17.2. The molecule has 0 radical (unpaired) electrons. The lowest BCUT2D eigenvalue weighted by Crippen LogP contribution is -2.49. The van der Waals surface area contributed by atoms with Gasteiger partial charge in [0.15, 0.2) is 0 Å². The molecular weight excluding hydrogens is 1330 g/mol. The van der Waals surface area contributed by atoms with Crippen molar-refractivity contribution >= 4 is 112 Å². The molecule has 1 fully saturated rings. The number of phosphoric acid groups is 3. The number of carbonyl (C=O) groups is 4. The van der Waals surface area contributed by atoms with Gasteiger partial charge < -0.3 is 90.0 Å². The van der Waals surface area contributed by atoms with Crippen LogP contribution in [0.3, 0.4) is 0 Å². The highest BCUT2D eigenvalue weighted by molar-refractivity contribution is 8.77. The molecule has 2 aromatic carbocycles. The number of nitrogens with one attached hydrogen (secondary N) is 4. The minimum absolute atomic E-state index is 0.0210. The summed E-state index contributed by atoms with van der Waals surface area (Å²) in [7, 11) is -14.4.